The summed E-state index contributed by atoms with van der Waals surface area (Å²) in [6.45, 7) is 1.13. The number of hydrogen-bond donors (Lipinski definition) is 0. The molecule has 0 fully saturated rings. The molecule has 0 radical (unpaired) electrons. The van der Waals surface area contributed by atoms with Crippen molar-refractivity contribution in [2.75, 3.05) is 27.7 Å². The maximum atomic E-state index is 11.6. The zero-order valence-corrected chi connectivity index (χ0v) is 11.7. The first-order chi connectivity index (χ1) is 8.56. The minimum absolute atomic E-state index is 0.110. The largest absolute Gasteiger partial charge is 0.348 e. The average Bonchev–Trinajstić information content (AvgIpc) is 2.70. The highest BCUT2D eigenvalue weighted by Gasteiger charge is 2.11. The van der Waals surface area contributed by atoms with Crippen LogP contribution in [0.1, 0.15) is 5.01 Å². The number of benzene rings is 1. The Morgan fingerprint density at radius 1 is 1.28 bits per heavy atom. The Bertz CT molecular complexity index is 517. The van der Waals surface area contributed by atoms with Crippen molar-refractivity contribution < 1.29 is 4.79 Å². The van der Waals surface area contributed by atoms with E-state index in [1.807, 2.05) is 30.1 Å². The number of thiazole rings is 1. The smallest absolute Gasteiger partial charge is 0.236 e. The molecule has 2 rings (SSSR count). The maximum Gasteiger partial charge on any atom is 0.236 e. The van der Waals surface area contributed by atoms with Gasteiger partial charge in [-0.05, 0) is 19.2 Å². The lowest BCUT2D eigenvalue weighted by molar-refractivity contribution is -0.129. The van der Waals surface area contributed by atoms with Gasteiger partial charge in [0.15, 0.2) is 0 Å². The van der Waals surface area contributed by atoms with Crippen LogP contribution in [-0.4, -0.2) is 48.4 Å². The van der Waals surface area contributed by atoms with Gasteiger partial charge in [-0.15, -0.1) is 11.3 Å². The molecule has 0 aliphatic heterocycles. The summed E-state index contributed by atoms with van der Waals surface area (Å²) >= 11 is 1.68. The number of hydrogen-bond acceptors (Lipinski definition) is 4. The van der Waals surface area contributed by atoms with Crippen molar-refractivity contribution in [3.63, 3.8) is 0 Å². The Kier molecular flexibility index (Phi) is 3.93. The fourth-order valence-electron chi connectivity index (χ4n) is 1.65. The fourth-order valence-corrected chi connectivity index (χ4v) is 2.69. The van der Waals surface area contributed by atoms with Gasteiger partial charge >= 0.3 is 0 Å². The van der Waals surface area contributed by atoms with Crippen LogP contribution in [0.3, 0.4) is 0 Å². The number of carbonyl (C=O) groups is 1. The van der Waals surface area contributed by atoms with E-state index in [1.54, 1.807) is 30.3 Å². The lowest BCUT2D eigenvalue weighted by Crippen LogP contribution is -2.34. The molecule has 4 nitrogen and oxygen atoms in total. The summed E-state index contributed by atoms with van der Waals surface area (Å²) in [5.41, 5.74) is 1.03. The first kappa shape index (κ1) is 13.0. The standard InChI is InChI=1S/C13H17N3OS/c1-15(2)13(17)9-16(3)8-12-14-10-6-4-5-7-11(10)18-12/h4-7H,8-9H2,1-3H3. The minimum atomic E-state index is 0.110. The van der Waals surface area contributed by atoms with E-state index in [0.717, 1.165) is 10.5 Å². The van der Waals surface area contributed by atoms with Crippen LogP contribution >= 0.6 is 11.3 Å². The molecule has 0 N–H and O–H groups in total. The van der Waals surface area contributed by atoms with Crippen LogP contribution in [-0.2, 0) is 11.3 Å². The number of likely N-dealkylation sites (N-methyl/N-ethyl adjacent to an activating group) is 2. The van der Waals surface area contributed by atoms with Gasteiger partial charge in [-0.25, -0.2) is 4.98 Å². The lowest BCUT2D eigenvalue weighted by atomic mass is 10.3. The van der Waals surface area contributed by atoms with E-state index < -0.39 is 0 Å². The molecule has 5 heteroatoms. The van der Waals surface area contributed by atoms with Crippen LogP contribution in [0.4, 0.5) is 0 Å². The molecule has 0 spiro atoms. The molecule has 0 aliphatic rings. The quantitative estimate of drug-likeness (QED) is 0.844. The van der Waals surface area contributed by atoms with Crippen LogP contribution in [0.5, 0.6) is 0 Å². The van der Waals surface area contributed by atoms with Crippen molar-refractivity contribution >= 4 is 27.5 Å². The Balaban J connectivity index is 2.02. The third-order valence-corrected chi connectivity index (χ3v) is 3.67. The second kappa shape index (κ2) is 5.46. The fraction of sp³-hybridized carbons (Fsp3) is 0.385. The molecule has 0 saturated heterocycles. The molecule has 1 aromatic carbocycles. The number of fused-ring (bicyclic) bond motifs is 1. The summed E-state index contributed by atoms with van der Waals surface area (Å²) in [5.74, 6) is 0.110. The summed E-state index contributed by atoms with van der Waals surface area (Å²) in [6, 6.07) is 8.09. The molecule has 18 heavy (non-hydrogen) atoms. The van der Waals surface area contributed by atoms with Crippen LogP contribution in [0.2, 0.25) is 0 Å². The van der Waals surface area contributed by atoms with E-state index in [2.05, 4.69) is 11.1 Å². The van der Waals surface area contributed by atoms with Gasteiger partial charge in [-0.1, -0.05) is 12.1 Å². The molecule has 96 valence electrons. The van der Waals surface area contributed by atoms with Gasteiger partial charge in [-0.2, -0.15) is 0 Å². The van der Waals surface area contributed by atoms with E-state index >= 15 is 0 Å². The lowest BCUT2D eigenvalue weighted by Gasteiger charge is -2.17. The molecule has 2 aromatic rings. The van der Waals surface area contributed by atoms with Crippen molar-refractivity contribution in [2.45, 2.75) is 6.54 Å². The van der Waals surface area contributed by atoms with Gasteiger partial charge in [0.2, 0.25) is 5.91 Å². The molecule has 0 unspecified atom stereocenters. The molecular weight excluding hydrogens is 246 g/mol. The first-order valence-electron chi connectivity index (χ1n) is 5.79. The Morgan fingerprint density at radius 2 is 2.00 bits per heavy atom. The Morgan fingerprint density at radius 3 is 2.67 bits per heavy atom. The average molecular weight is 263 g/mol. The molecule has 0 aliphatic carbocycles. The zero-order chi connectivity index (χ0) is 13.1. The number of carbonyl (C=O) groups excluding carboxylic acids is 1. The van der Waals surface area contributed by atoms with Gasteiger partial charge < -0.3 is 4.90 Å². The van der Waals surface area contributed by atoms with Crippen LogP contribution in [0, 0.1) is 0 Å². The van der Waals surface area contributed by atoms with Gasteiger partial charge in [0.05, 0.1) is 23.3 Å². The van der Waals surface area contributed by atoms with Gasteiger partial charge in [-0.3, -0.25) is 9.69 Å². The van der Waals surface area contributed by atoms with E-state index in [9.17, 15) is 4.79 Å². The van der Waals surface area contributed by atoms with Gasteiger partial charge in [0, 0.05) is 14.1 Å². The van der Waals surface area contributed by atoms with Crippen molar-refractivity contribution in [3.8, 4) is 0 Å². The van der Waals surface area contributed by atoms with Crippen molar-refractivity contribution in [2.24, 2.45) is 0 Å². The summed E-state index contributed by atoms with van der Waals surface area (Å²) in [5, 5.41) is 1.05. The SMILES string of the molecule is CN(CC(=O)N(C)C)Cc1nc2ccccc2s1. The van der Waals surface area contributed by atoms with Crippen molar-refractivity contribution in [3.05, 3.63) is 29.3 Å². The summed E-state index contributed by atoms with van der Waals surface area (Å²) < 4.78 is 1.19. The summed E-state index contributed by atoms with van der Waals surface area (Å²) in [6.07, 6.45) is 0. The van der Waals surface area contributed by atoms with Crippen LogP contribution < -0.4 is 0 Å². The van der Waals surface area contributed by atoms with Gasteiger partial charge in [0.25, 0.3) is 0 Å². The minimum Gasteiger partial charge on any atom is -0.348 e. The van der Waals surface area contributed by atoms with E-state index in [1.165, 1.54) is 4.70 Å². The Labute approximate surface area is 111 Å². The maximum absolute atomic E-state index is 11.6. The van der Waals surface area contributed by atoms with E-state index in [4.69, 9.17) is 0 Å². The highest BCUT2D eigenvalue weighted by Crippen LogP contribution is 2.22. The molecule has 0 bridgehead atoms. The molecule has 1 aromatic heterocycles. The number of rotatable bonds is 4. The molecule has 1 heterocycles. The number of nitrogens with zero attached hydrogens (tertiary/aromatic N) is 3. The monoisotopic (exact) mass is 263 g/mol. The second-order valence-corrected chi connectivity index (χ2v) is 5.65. The van der Waals surface area contributed by atoms with Gasteiger partial charge in [0.1, 0.15) is 5.01 Å². The number of amides is 1. The van der Waals surface area contributed by atoms with Crippen LogP contribution in [0.15, 0.2) is 24.3 Å². The molecule has 0 saturated carbocycles. The molecular formula is C13H17N3OS. The normalized spacial score (nSPS) is 11.1. The summed E-state index contributed by atoms with van der Waals surface area (Å²) in [7, 11) is 5.48. The predicted octanol–water partition coefficient (Wildman–Crippen LogP) is 1.82. The first-order valence-corrected chi connectivity index (χ1v) is 6.61. The summed E-state index contributed by atoms with van der Waals surface area (Å²) in [4.78, 5) is 19.7. The number of aromatic nitrogens is 1. The third-order valence-electron chi connectivity index (χ3n) is 2.65. The highest BCUT2D eigenvalue weighted by molar-refractivity contribution is 7.18. The highest BCUT2D eigenvalue weighted by atomic mass is 32.1. The predicted molar refractivity (Wildman–Crippen MR) is 74.6 cm³/mol. The number of para-hydroxylation sites is 1. The van der Waals surface area contributed by atoms with Crippen molar-refractivity contribution in [1.29, 1.82) is 0 Å². The second-order valence-electron chi connectivity index (χ2n) is 4.54. The zero-order valence-electron chi connectivity index (χ0n) is 10.9. The molecule has 1 amide bonds. The van der Waals surface area contributed by atoms with Crippen LogP contribution in [0.25, 0.3) is 10.2 Å². The van der Waals surface area contributed by atoms with E-state index in [-0.39, 0.29) is 5.91 Å². The van der Waals surface area contributed by atoms with E-state index in [0.29, 0.717) is 13.1 Å². The van der Waals surface area contributed by atoms with Crippen molar-refractivity contribution in [1.82, 2.24) is 14.8 Å². The molecule has 0 atom stereocenters. The third kappa shape index (κ3) is 3.05. The Hall–Kier alpha value is -1.46. The topological polar surface area (TPSA) is 36.4 Å².